The van der Waals surface area contributed by atoms with Crippen LogP contribution in [0.3, 0.4) is 0 Å². The molecule has 0 fully saturated rings. The van der Waals surface area contributed by atoms with Crippen molar-refractivity contribution in [3.05, 3.63) is 0 Å². The van der Waals surface area contributed by atoms with Crippen molar-refractivity contribution in [1.29, 1.82) is 0 Å². The van der Waals surface area contributed by atoms with E-state index in [1.807, 2.05) is 0 Å². The fraction of sp³-hybridized carbons (Fsp3) is 0.818. The number of rotatable bonds is 10. The van der Waals surface area contributed by atoms with Gasteiger partial charge in [0.2, 0.25) is 0 Å². The Morgan fingerprint density at radius 3 is 1.47 bits per heavy atom. The first kappa shape index (κ1) is 16.2. The van der Waals surface area contributed by atoms with Crippen LogP contribution in [0.25, 0.3) is 0 Å². The van der Waals surface area contributed by atoms with Crippen LogP contribution in [-0.2, 0) is 9.59 Å². The van der Waals surface area contributed by atoms with Gasteiger partial charge in [0.25, 0.3) is 0 Å². The van der Waals surface area contributed by atoms with E-state index in [-0.39, 0.29) is 18.0 Å². The first-order valence-corrected chi connectivity index (χ1v) is 5.99. The maximum absolute atomic E-state index is 11.5. The van der Waals surface area contributed by atoms with Crippen LogP contribution >= 0.6 is 0 Å². The van der Waals surface area contributed by atoms with Gasteiger partial charge in [-0.05, 0) is 32.4 Å². The molecule has 0 amide bonds. The first-order valence-electron chi connectivity index (χ1n) is 5.99. The van der Waals surface area contributed by atoms with Crippen LogP contribution in [0, 0.1) is 0 Å². The molecule has 0 aromatic heterocycles. The zero-order valence-corrected chi connectivity index (χ0v) is 10.2. The van der Waals surface area contributed by atoms with Crippen LogP contribution in [0.15, 0.2) is 0 Å². The molecule has 17 heavy (non-hydrogen) atoms. The minimum atomic E-state index is -0.668. The highest BCUT2D eigenvalue weighted by atomic mass is 16.1. The lowest BCUT2D eigenvalue weighted by molar-refractivity contribution is -0.122. The summed E-state index contributed by atoms with van der Waals surface area (Å²) in [4.78, 5) is 23.0. The SMILES string of the molecule is NCCCC(=O)C(N)CC(N)C(=O)CCCN. The third-order valence-electron chi connectivity index (χ3n) is 2.59. The van der Waals surface area contributed by atoms with Crippen molar-refractivity contribution in [2.45, 2.75) is 44.2 Å². The third-order valence-corrected chi connectivity index (χ3v) is 2.59. The summed E-state index contributed by atoms with van der Waals surface area (Å²) in [6, 6.07) is -1.34. The van der Waals surface area contributed by atoms with Gasteiger partial charge in [0, 0.05) is 12.8 Å². The summed E-state index contributed by atoms with van der Waals surface area (Å²) < 4.78 is 0. The van der Waals surface area contributed by atoms with Crippen LogP contribution in [-0.4, -0.2) is 36.7 Å². The van der Waals surface area contributed by atoms with Crippen molar-refractivity contribution in [1.82, 2.24) is 0 Å². The highest BCUT2D eigenvalue weighted by molar-refractivity contribution is 5.87. The summed E-state index contributed by atoms with van der Waals surface area (Å²) in [7, 11) is 0. The fourth-order valence-corrected chi connectivity index (χ4v) is 1.46. The fourth-order valence-electron chi connectivity index (χ4n) is 1.46. The molecular formula is C11H24N4O2. The molecule has 0 bridgehead atoms. The van der Waals surface area contributed by atoms with Crippen LogP contribution in [0.2, 0.25) is 0 Å². The zero-order chi connectivity index (χ0) is 13.3. The molecule has 0 radical (unpaired) electrons. The Kier molecular flexibility index (Phi) is 8.79. The Morgan fingerprint density at radius 2 is 1.18 bits per heavy atom. The number of nitrogens with two attached hydrogens (primary N) is 4. The van der Waals surface area contributed by atoms with Crippen LogP contribution < -0.4 is 22.9 Å². The minimum Gasteiger partial charge on any atom is -0.330 e. The van der Waals surface area contributed by atoms with Crippen LogP contribution in [0.1, 0.15) is 32.1 Å². The van der Waals surface area contributed by atoms with E-state index in [2.05, 4.69) is 0 Å². The van der Waals surface area contributed by atoms with Gasteiger partial charge in [-0.15, -0.1) is 0 Å². The predicted molar refractivity (Wildman–Crippen MR) is 67.2 cm³/mol. The number of hydrogen-bond donors (Lipinski definition) is 4. The molecule has 0 spiro atoms. The molecule has 2 unspecified atom stereocenters. The van der Waals surface area contributed by atoms with E-state index in [1.54, 1.807) is 0 Å². The molecule has 0 aromatic rings. The second kappa shape index (κ2) is 9.23. The zero-order valence-electron chi connectivity index (χ0n) is 10.2. The quantitative estimate of drug-likeness (QED) is 0.374. The molecule has 100 valence electrons. The van der Waals surface area contributed by atoms with E-state index < -0.39 is 12.1 Å². The monoisotopic (exact) mass is 244 g/mol. The van der Waals surface area contributed by atoms with Gasteiger partial charge in [0.1, 0.15) is 11.6 Å². The lowest BCUT2D eigenvalue weighted by atomic mass is 9.97. The van der Waals surface area contributed by atoms with Gasteiger partial charge < -0.3 is 22.9 Å². The first-order chi connectivity index (χ1) is 8.02. The highest BCUT2D eigenvalue weighted by Gasteiger charge is 2.20. The van der Waals surface area contributed by atoms with Crippen molar-refractivity contribution in [3.63, 3.8) is 0 Å². The molecule has 0 aliphatic carbocycles. The molecule has 0 saturated heterocycles. The minimum absolute atomic E-state index is 0.0856. The average Bonchev–Trinajstić information content (AvgIpc) is 2.32. The number of ketones is 2. The van der Waals surface area contributed by atoms with E-state index >= 15 is 0 Å². The summed E-state index contributed by atoms with van der Waals surface area (Å²) >= 11 is 0. The van der Waals surface area contributed by atoms with Crippen molar-refractivity contribution in [3.8, 4) is 0 Å². The number of Topliss-reactive ketones (excluding diaryl/α,β-unsaturated/α-hetero) is 2. The van der Waals surface area contributed by atoms with Gasteiger partial charge in [-0.25, -0.2) is 0 Å². The lowest BCUT2D eigenvalue weighted by Gasteiger charge is -2.15. The van der Waals surface area contributed by atoms with Crippen molar-refractivity contribution in [2.75, 3.05) is 13.1 Å². The maximum atomic E-state index is 11.5. The molecule has 0 aromatic carbocycles. The molecule has 0 saturated carbocycles. The van der Waals surface area contributed by atoms with Gasteiger partial charge in [-0.3, -0.25) is 9.59 Å². The van der Waals surface area contributed by atoms with Gasteiger partial charge in [0.05, 0.1) is 12.1 Å². The van der Waals surface area contributed by atoms with E-state index in [4.69, 9.17) is 22.9 Å². The van der Waals surface area contributed by atoms with Crippen molar-refractivity contribution >= 4 is 11.6 Å². The van der Waals surface area contributed by atoms with Gasteiger partial charge in [0.15, 0.2) is 0 Å². The molecule has 6 nitrogen and oxygen atoms in total. The highest BCUT2D eigenvalue weighted by Crippen LogP contribution is 2.03. The van der Waals surface area contributed by atoms with E-state index in [0.717, 1.165) is 0 Å². The molecule has 0 aliphatic heterocycles. The number of hydrogen-bond acceptors (Lipinski definition) is 6. The summed E-state index contributed by atoms with van der Waals surface area (Å²) in [5, 5.41) is 0. The van der Waals surface area contributed by atoms with Crippen LogP contribution in [0.5, 0.6) is 0 Å². The second-order valence-electron chi connectivity index (χ2n) is 4.17. The Balaban J connectivity index is 3.96. The predicted octanol–water partition coefficient (Wildman–Crippen LogP) is -1.35. The molecule has 6 heteroatoms. The van der Waals surface area contributed by atoms with Crippen molar-refractivity contribution < 1.29 is 9.59 Å². The Labute approximate surface area is 102 Å². The third kappa shape index (κ3) is 7.17. The number of carbonyl (C=O) groups excluding carboxylic acids is 2. The van der Waals surface area contributed by atoms with Gasteiger partial charge >= 0.3 is 0 Å². The summed E-state index contributed by atoms with van der Waals surface area (Å²) in [6.45, 7) is 0.917. The normalized spacial score (nSPS) is 14.4. The van der Waals surface area contributed by atoms with E-state index in [0.29, 0.717) is 38.8 Å². The summed E-state index contributed by atoms with van der Waals surface area (Å²) in [5.74, 6) is -0.171. The molecule has 0 rings (SSSR count). The summed E-state index contributed by atoms with van der Waals surface area (Å²) in [6.07, 6.45) is 2.13. The Morgan fingerprint density at radius 1 is 0.824 bits per heavy atom. The van der Waals surface area contributed by atoms with Gasteiger partial charge in [-0.2, -0.15) is 0 Å². The molecule has 0 aliphatic rings. The number of carbonyl (C=O) groups is 2. The molecule has 8 N–H and O–H groups in total. The maximum Gasteiger partial charge on any atom is 0.149 e. The molecular weight excluding hydrogens is 220 g/mol. The molecule has 0 heterocycles. The Hall–Kier alpha value is -0.820. The topological polar surface area (TPSA) is 138 Å². The van der Waals surface area contributed by atoms with Crippen molar-refractivity contribution in [2.24, 2.45) is 22.9 Å². The smallest absolute Gasteiger partial charge is 0.149 e. The van der Waals surface area contributed by atoms with Crippen LogP contribution in [0.4, 0.5) is 0 Å². The van der Waals surface area contributed by atoms with Gasteiger partial charge in [-0.1, -0.05) is 0 Å². The average molecular weight is 244 g/mol. The second-order valence-corrected chi connectivity index (χ2v) is 4.17. The lowest BCUT2D eigenvalue weighted by Crippen LogP contribution is -2.41. The Bertz CT molecular complexity index is 222. The largest absolute Gasteiger partial charge is 0.330 e. The summed E-state index contributed by atoms with van der Waals surface area (Å²) in [5.41, 5.74) is 22.0. The molecule has 2 atom stereocenters. The standard InChI is InChI=1S/C11H24N4O2/c12-5-1-3-10(16)8(14)7-9(15)11(17)4-2-6-13/h8-9H,1-7,12-15H2. The van der Waals surface area contributed by atoms with E-state index in [1.165, 1.54) is 0 Å². The van der Waals surface area contributed by atoms with E-state index in [9.17, 15) is 9.59 Å².